The average molecular weight is 345 g/mol. The first-order valence-corrected chi connectivity index (χ1v) is 8.12. The maximum Gasteiger partial charge on any atom is 0.407 e. The molecule has 23 heavy (non-hydrogen) atoms. The molecule has 1 unspecified atom stereocenters. The SMILES string of the molecule is CC(C)C(CNC(=O)OC(C)(C)C)CNc1ccc(Cl)cc1F. The molecule has 0 fully saturated rings. The van der Waals surface area contributed by atoms with Crippen molar-refractivity contribution in [2.45, 2.75) is 40.2 Å². The van der Waals surface area contributed by atoms with Gasteiger partial charge in [-0.1, -0.05) is 25.4 Å². The fourth-order valence-corrected chi connectivity index (χ4v) is 2.10. The highest BCUT2D eigenvalue weighted by molar-refractivity contribution is 6.30. The van der Waals surface area contributed by atoms with Crippen molar-refractivity contribution < 1.29 is 13.9 Å². The van der Waals surface area contributed by atoms with E-state index >= 15 is 0 Å². The van der Waals surface area contributed by atoms with E-state index in [0.29, 0.717) is 29.7 Å². The highest BCUT2D eigenvalue weighted by Gasteiger charge is 2.19. The van der Waals surface area contributed by atoms with E-state index in [1.54, 1.807) is 12.1 Å². The summed E-state index contributed by atoms with van der Waals surface area (Å²) in [5, 5.41) is 6.19. The van der Waals surface area contributed by atoms with Gasteiger partial charge in [0.1, 0.15) is 11.4 Å². The van der Waals surface area contributed by atoms with Crippen LogP contribution in [0.3, 0.4) is 0 Å². The Morgan fingerprint density at radius 1 is 1.30 bits per heavy atom. The minimum atomic E-state index is -0.526. The maximum absolute atomic E-state index is 13.8. The van der Waals surface area contributed by atoms with Crippen molar-refractivity contribution in [3.63, 3.8) is 0 Å². The normalized spacial score (nSPS) is 12.9. The number of alkyl carbamates (subject to hydrolysis) is 1. The van der Waals surface area contributed by atoms with Gasteiger partial charge in [0.15, 0.2) is 0 Å². The van der Waals surface area contributed by atoms with Crippen molar-refractivity contribution in [3.8, 4) is 0 Å². The van der Waals surface area contributed by atoms with Crippen molar-refractivity contribution in [1.29, 1.82) is 0 Å². The summed E-state index contributed by atoms with van der Waals surface area (Å²) in [7, 11) is 0. The minimum absolute atomic E-state index is 0.137. The molecule has 0 aliphatic carbocycles. The molecule has 1 aromatic rings. The predicted octanol–water partition coefficient (Wildman–Crippen LogP) is 4.69. The molecule has 0 radical (unpaired) electrons. The Bertz CT molecular complexity index is 530. The second-order valence-electron chi connectivity index (χ2n) is 6.89. The van der Waals surface area contributed by atoms with E-state index < -0.39 is 11.7 Å². The number of hydrogen-bond acceptors (Lipinski definition) is 3. The third-order valence-electron chi connectivity index (χ3n) is 3.34. The van der Waals surface area contributed by atoms with Crippen LogP contribution in [-0.2, 0) is 4.74 Å². The van der Waals surface area contributed by atoms with Gasteiger partial charge < -0.3 is 15.4 Å². The number of anilines is 1. The van der Waals surface area contributed by atoms with Crippen molar-refractivity contribution in [1.82, 2.24) is 5.32 Å². The van der Waals surface area contributed by atoms with Crippen LogP contribution >= 0.6 is 11.6 Å². The molecule has 0 bridgehead atoms. The molecule has 1 aromatic carbocycles. The van der Waals surface area contributed by atoms with Gasteiger partial charge in [0.2, 0.25) is 0 Å². The number of halogens is 2. The second-order valence-corrected chi connectivity index (χ2v) is 7.33. The van der Waals surface area contributed by atoms with Crippen LogP contribution in [0, 0.1) is 17.7 Å². The Kier molecular flexibility index (Phi) is 7.13. The van der Waals surface area contributed by atoms with Crippen LogP contribution in [-0.4, -0.2) is 24.8 Å². The number of amides is 1. The molecule has 1 amide bonds. The monoisotopic (exact) mass is 344 g/mol. The van der Waals surface area contributed by atoms with Gasteiger partial charge in [-0.05, 0) is 50.8 Å². The van der Waals surface area contributed by atoms with Crippen molar-refractivity contribution in [2.75, 3.05) is 18.4 Å². The molecular weight excluding hydrogens is 319 g/mol. The van der Waals surface area contributed by atoms with E-state index in [-0.39, 0.29) is 11.7 Å². The Balaban J connectivity index is 2.54. The Labute approximate surface area is 142 Å². The topological polar surface area (TPSA) is 50.4 Å². The number of rotatable bonds is 6. The lowest BCUT2D eigenvalue weighted by Gasteiger charge is -2.24. The second kappa shape index (κ2) is 8.39. The molecule has 0 aromatic heterocycles. The summed E-state index contributed by atoms with van der Waals surface area (Å²) < 4.78 is 19.0. The molecule has 0 heterocycles. The summed E-state index contributed by atoms with van der Waals surface area (Å²) in [6.45, 7) is 10.6. The Morgan fingerprint density at radius 2 is 1.96 bits per heavy atom. The zero-order chi connectivity index (χ0) is 17.6. The molecule has 4 nitrogen and oxygen atoms in total. The number of benzene rings is 1. The molecule has 0 aliphatic rings. The van der Waals surface area contributed by atoms with Crippen LogP contribution in [0.2, 0.25) is 5.02 Å². The van der Waals surface area contributed by atoms with Crippen molar-refractivity contribution >= 4 is 23.4 Å². The molecule has 0 saturated carbocycles. The highest BCUT2D eigenvalue weighted by Crippen LogP contribution is 2.20. The Hall–Kier alpha value is -1.49. The van der Waals surface area contributed by atoms with Gasteiger partial charge in [-0.25, -0.2) is 9.18 Å². The summed E-state index contributed by atoms with van der Waals surface area (Å²) in [6.07, 6.45) is -0.444. The summed E-state index contributed by atoms with van der Waals surface area (Å²) in [6, 6.07) is 4.51. The van der Waals surface area contributed by atoms with Crippen molar-refractivity contribution in [3.05, 3.63) is 29.0 Å². The minimum Gasteiger partial charge on any atom is -0.444 e. The van der Waals surface area contributed by atoms with E-state index in [9.17, 15) is 9.18 Å². The van der Waals surface area contributed by atoms with Gasteiger partial charge in [-0.2, -0.15) is 0 Å². The predicted molar refractivity (Wildman–Crippen MR) is 92.5 cm³/mol. The van der Waals surface area contributed by atoms with E-state index in [4.69, 9.17) is 16.3 Å². The van der Waals surface area contributed by atoms with E-state index in [0.717, 1.165) is 0 Å². The van der Waals surface area contributed by atoms with Gasteiger partial charge in [0.05, 0.1) is 5.69 Å². The maximum atomic E-state index is 13.8. The average Bonchev–Trinajstić information content (AvgIpc) is 2.38. The van der Waals surface area contributed by atoms with E-state index in [1.807, 2.05) is 20.8 Å². The van der Waals surface area contributed by atoms with Crippen LogP contribution in [0.4, 0.5) is 14.9 Å². The zero-order valence-corrected chi connectivity index (χ0v) is 15.1. The largest absolute Gasteiger partial charge is 0.444 e. The molecule has 1 atom stereocenters. The summed E-state index contributed by atoms with van der Waals surface area (Å²) >= 11 is 5.74. The summed E-state index contributed by atoms with van der Waals surface area (Å²) in [5.74, 6) is 0.0607. The first-order valence-electron chi connectivity index (χ1n) is 7.74. The lowest BCUT2D eigenvalue weighted by atomic mass is 9.95. The van der Waals surface area contributed by atoms with Crippen LogP contribution in [0.5, 0.6) is 0 Å². The summed E-state index contributed by atoms with van der Waals surface area (Å²) in [4.78, 5) is 11.7. The lowest BCUT2D eigenvalue weighted by molar-refractivity contribution is 0.0516. The summed E-state index contributed by atoms with van der Waals surface area (Å²) in [5.41, 5.74) is -0.125. The molecule has 1 rings (SSSR count). The van der Waals surface area contributed by atoms with Gasteiger partial charge in [-0.3, -0.25) is 0 Å². The molecule has 130 valence electrons. The van der Waals surface area contributed by atoms with Crippen LogP contribution in [0.25, 0.3) is 0 Å². The van der Waals surface area contributed by atoms with Crippen molar-refractivity contribution in [2.24, 2.45) is 11.8 Å². The smallest absolute Gasteiger partial charge is 0.407 e. The quantitative estimate of drug-likeness (QED) is 0.787. The number of ether oxygens (including phenoxy) is 1. The zero-order valence-electron chi connectivity index (χ0n) is 14.4. The van der Waals surface area contributed by atoms with Crippen LogP contribution < -0.4 is 10.6 Å². The molecule has 2 N–H and O–H groups in total. The number of carbonyl (C=O) groups excluding carboxylic acids is 1. The van der Waals surface area contributed by atoms with Gasteiger partial charge in [-0.15, -0.1) is 0 Å². The first-order chi connectivity index (χ1) is 10.6. The number of nitrogens with one attached hydrogen (secondary N) is 2. The van der Waals surface area contributed by atoms with Gasteiger partial charge >= 0.3 is 6.09 Å². The highest BCUT2D eigenvalue weighted by atomic mass is 35.5. The first kappa shape index (κ1) is 19.6. The van der Waals surface area contributed by atoms with Crippen LogP contribution in [0.15, 0.2) is 18.2 Å². The molecular formula is C17H26ClFN2O2. The Morgan fingerprint density at radius 3 is 2.48 bits per heavy atom. The standard InChI is InChI=1S/C17H26ClFN2O2/c1-11(2)12(10-21-16(22)23-17(3,4)5)9-20-15-7-6-13(18)8-14(15)19/h6-8,11-12,20H,9-10H2,1-5H3,(H,21,22). The van der Waals surface area contributed by atoms with Crippen LogP contribution in [0.1, 0.15) is 34.6 Å². The molecule has 0 spiro atoms. The molecule has 6 heteroatoms. The van der Waals surface area contributed by atoms with E-state index in [2.05, 4.69) is 24.5 Å². The van der Waals surface area contributed by atoms with Gasteiger partial charge in [0.25, 0.3) is 0 Å². The molecule has 0 aliphatic heterocycles. The van der Waals surface area contributed by atoms with E-state index in [1.165, 1.54) is 6.07 Å². The lowest BCUT2D eigenvalue weighted by Crippen LogP contribution is -2.38. The third-order valence-corrected chi connectivity index (χ3v) is 3.57. The van der Waals surface area contributed by atoms with Gasteiger partial charge in [0, 0.05) is 18.1 Å². The molecule has 0 saturated heterocycles. The third kappa shape index (κ3) is 7.55. The number of hydrogen-bond donors (Lipinski definition) is 2. The number of carbonyl (C=O) groups is 1. The fraction of sp³-hybridized carbons (Fsp3) is 0.588. The fourth-order valence-electron chi connectivity index (χ4n) is 1.95.